The molecule has 0 fully saturated rings. The highest BCUT2D eigenvalue weighted by atomic mass is 16.5. The van der Waals surface area contributed by atoms with Crippen molar-refractivity contribution in [2.45, 2.75) is 26.8 Å². The molecule has 1 aromatic heterocycles. The Labute approximate surface area is 143 Å². The number of para-hydroxylation sites is 1. The molecule has 0 aliphatic rings. The number of nitrogens with zero attached hydrogens (tertiary/aromatic N) is 4. The van der Waals surface area contributed by atoms with E-state index in [4.69, 9.17) is 4.74 Å². The molecule has 0 aliphatic carbocycles. The maximum atomic E-state index is 5.38. The number of aryl methyl sites for hydroxylation is 1. The number of ether oxygens (including phenoxy) is 1. The van der Waals surface area contributed by atoms with E-state index in [0.29, 0.717) is 6.54 Å². The Hall–Kier alpha value is -2.57. The van der Waals surface area contributed by atoms with Gasteiger partial charge in [-0.2, -0.15) is 0 Å². The third-order valence-corrected chi connectivity index (χ3v) is 3.78. The van der Waals surface area contributed by atoms with E-state index in [2.05, 4.69) is 31.9 Å². The molecule has 2 rings (SSSR count). The minimum absolute atomic E-state index is 0.487. The fraction of sp³-hybridized carbons (Fsp3) is 0.471. The fourth-order valence-corrected chi connectivity index (χ4v) is 2.31. The highest BCUT2D eigenvalue weighted by Gasteiger charge is 2.05. The molecule has 0 atom stereocenters. The molecule has 2 N–H and O–H groups in total. The molecule has 7 nitrogen and oxygen atoms in total. The quantitative estimate of drug-likeness (QED) is 0.593. The van der Waals surface area contributed by atoms with Crippen LogP contribution in [0.3, 0.4) is 0 Å². The van der Waals surface area contributed by atoms with Gasteiger partial charge in [0.25, 0.3) is 0 Å². The van der Waals surface area contributed by atoms with Crippen molar-refractivity contribution in [2.75, 3.05) is 20.2 Å². The summed E-state index contributed by atoms with van der Waals surface area (Å²) in [5.41, 5.74) is 1.17. The lowest BCUT2D eigenvalue weighted by molar-refractivity contribution is 0.409. The Bertz CT molecular complexity index is 679. The van der Waals surface area contributed by atoms with Gasteiger partial charge in [-0.25, -0.2) is 4.99 Å². The second kappa shape index (κ2) is 8.90. The molecule has 0 saturated heterocycles. The zero-order valence-electron chi connectivity index (χ0n) is 14.8. The van der Waals surface area contributed by atoms with E-state index in [-0.39, 0.29) is 0 Å². The van der Waals surface area contributed by atoms with E-state index in [0.717, 1.165) is 42.9 Å². The minimum atomic E-state index is 0.487. The Balaban J connectivity index is 1.93. The van der Waals surface area contributed by atoms with Gasteiger partial charge in [0.2, 0.25) is 0 Å². The first-order valence-corrected chi connectivity index (χ1v) is 8.14. The van der Waals surface area contributed by atoms with Gasteiger partial charge in [-0.3, -0.25) is 0 Å². The number of aliphatic imine (C=N–C) groups is 1. The summed E-state index contributed by atoms with van der Waals surface area (Å²) < 4.78 is 7.33. The van der Waals surface area contributed by atoms with Gasteiger partial charge in [-0.15, -0.1) is 10.2 Å². The molecule has 1 aromatic carbocycles. The lowest BCUT2D eigenvalue weighted by atomic mass is 10.1. The van der Waals surface area contributed by atoms with E-state index in [1.54, 1.807) is 7.11 Å². The van der Waals surface area contributed by atoms with Crippen LogP contribution in [0.5, 0.6) is 5.75 Å². The van der Waals surface area contributed by atoms with Gasteiger partial charge in [0.1, 0.15) is 18.1 Å². The summed E-state index contributed by atoms with van der Waals surface area (Å²) >= 11 is 0. The van der Waals surface area contributed by atoms with Crippen LogP contribution in [0.1, 0.15) is 24.1 Å². The Morgan fingerprint density at radius 1 is 1.25 bits per heavy atom. The number of rotatable bonds is 7. The number of hydrogen-bond acceptors (Lipinski definition) is 4. The Kier molecular flexibility index (Phi) is 6.60. The van der Waals surface area contributed by atoms with Crippen LogP contribution >= 0.6 is 0 Å². The van der Waals surface area contributed by atoms with Gasteiger partial charge in [0.15, 0.2) is 11.8 Å². The molecule has 0 saturated carbocycles. The molecule has 1 heterocycles. The van der Waals surface area contributed by atoms with Crippen molar-refractivity contribution in [3.05, 3.63) is 41.5 Å². The van der Waals surface area contributed by atoms with E-state index >= 15 is 0 Å². The van der Waals surface area contributed by atoms with Crippen molar-refractivity contribution in [3.63, 3.8) is 0 Å². The van der Waals surface area contributed by atoms with Crippen molar-refractivity contribution < 1.29 is 4.74 Å². The smallest absolute Gasteiger partial charge is 0.191 e. The predicted octanol–water partition coefficient (Wildman–Crippen LogP) is 1.43. The predicted molar refractivity (Wildman–Crippen MR) is 95.3 cm³/mol. The van der Waals surface area contributed by atoms with E-state index in [1.165, 1.54) is 5.56 Å². The van der Waals surface area contributed by atoms with E-state index in [9.17, 15) is 0 Å². The molecule has 0 amide bonds. The maximum Gasteiger partial charge on any atom is 0.191 e. The van der Waals surface area contributed by atoms with E-state index in [1.807, 2.05) is 43.7 Å². The summed E-state index contributed by atoms with van der Waals surface area (Å²) in [6, 6.07) is 8.05. The molecular weight excluding hydrogens is 304 g/mol. The van der Waals surface area contributed by atoms with Gasteiger partial charge in [-0.05, 0) is 31.9 Å². The van der Waals surface area contributed by atoms with Crippen molar-refractivity contribution >= 4 is 5.96 Å². The number of methoxy groups -OCH3 is 1. The number of guanidine groups is 1. The number of benzene rings is 1. The molecule has 0 unspecified atom stereocenters. The zero-order chi connectivity index (χ0) is 17.4. The third kappa shape index (κ3) is 4.71. The maximum absolute atomic E-state index is 5.38. The second-order valence-electron chi connectivity index (χ2n) is 5.41. The Morgan fingerprint density at radius 3 is 2.71 bits per heavy atom. The van der Waals surface area contributed by atoms with Crippen molar-refractivity contribution in [1.29, 1.82) is 0 Å². The lowest BCUT2D eigenvalue weighted by Gasteiger charge is -2.12. The van der Waals surface area contributed by atoms with Gasteiger partial charge in [0, 0.05) is 20.1 Å². The van der Waals surface area contributed by atoms with Gasteiger partial charge >= 0.3 is 0 Å². The highest BCUT2D eigenvalue weighted by molar-refractivity contribution is 5.79. The van der Waals surface area contributed by atoms with Crippen molar-refractivity contribution in [3.8, 4) is 5.75 Å². The largest absolute Gasteiger partial charge is 0.496 e. The molecule has 0 bridgehead atoms. The van der Waals surface area contributed by atoms with E-state index < -0.39 is 0 Å². The SMILES string of the molecule is CCNC(=NCc1nnc(C)n1C)NCCc1ccccc1OC. The molecule has 0 spiro atoms. The lowest BCUT2D eigenvalue weighted by Crippen LogP contribution is -2.38. The normalized spacial score (nSPS) is 11.4. The molecule has 0 radical (unpaired) electrons. The molecule has 24 heavy (non-hydrogen) atoms. The Morgan fingerprint density at radius 2 is 2.04 bits per heavy atom. The fourth-order valence-electron chi connectivity index (χ4n) is 2.31. The number of hydrogen-bond donors (Lipinski definition) is 2. The summed E-state index contributed by atoms with van der Waals surface area (Å²) in [6.07, 6.45) is 0.859. The van der Waals surface area contributed by atoms with Crippen LogP contribution in [0.15, 0.2) is 29.3 Å². The first kappa shape index (κ1) is 17.8. The van der Waals surface area contributed by atoms with Crippen LogP contribution in [0.2, 0.25) is 0 Å². The topological polar surface area (TPSA) is 76.4 Å². The van der Waals surface area contributed by atoms with Gasteiger partial charge < -0.3 is 19.9 Å². The summed E-state index contributed by atoms with van der Waals surface area (Å²) in [4.78, 5) is 4.57. The van der Waals surface area contributed by atoms with Gasteiger partial charge in [-0.1, -0.05) is 18.2 Å². The first-order valence-electron chi connectivity index (χ1n) is 8.14. The summed E-state index contributed by atoms with van der Waals surface area (Å²) in [5.74, 6) is 3.41. The van der Waals surface area contributed by atoms with Crippen LogP contribution in [-0.4, -0.2) is 40.9 Å². The average molecular weight is 330 g/mol. The van der Waals surface area contributed by atoms with Crippen molar-refractivity contribution in [2.24, 2.45) is 12.0 Å². The van der Waals surface area contributed by atoms with Crippen LogP contribution in [0, 0.1) is 6.92 Å². The zero-order valence-corrected chi connectivity index (χ0v) is 14.8. The molecule has 130 valence electrons. The number of aromatic nitrogens is 3. The van der Waals surface area contributed by atoms with Crippen LogP contribution < -0.4 is 15.4 Å². The van der Waals surface area contributed by atoms with Crippen LogP contribution in [0.4, 0.5) is 0 Å². The standard InChI is InChI=1S/C17H26N6O/c1-5-18-17(20-12-16-22-21-13(2)23(16)3)19-11-10-14-8-6-7-9-15(14)24-4/h6-9H,5,10-12H2,1-4H3,(H2,18,19,20). The third-order valence-electron chi connectivity index (χ3n) is 3.78. The molecule has 7 heteroatoms. The number of nitrogens with one attached hydrogen (secondary N) is 2. The van der Waals surface area contributed by atoms with Gasteiger partial charge in [0.05, 0.1) is 7.11 Å². The summed E-state index contributed by atoms with van der Waals surface area (Å²) in [7, 11) is 3.64. The van der Waals surface area contributed by atoms with Crippen molar-refractivity contribution in [1.82, 2.24) is 25.4 Å². The highest BCUT2D eigenvalue weighted by Crippen LogP contribution is 2.17. The molecule has 0 aliphatic heterocycles. The van der Waals surface area contributed by atoms with Crippen LogP contribution in [-0.2, 0) is 20.0 Å². The average Bonchev–Trinajstić information content (AvgIpc) is 2.92. The molecule has 2 aromatic rings. The van der Waals surface area contributed by atoms with Crippen LogP contribution in [0.25, 0.3) is 0 Å². The second-order valence-corrected chi connectivity index (χ2v) is 5.41. The minimum Gasteiger partial charge on any atom is -0.496 e. The first-order chi connectivity index (χ1) is 11.7. The summed E-state index contributed by atoms with van der Waals surface area (Å²) in [6.45, 7) is 6.03. The monoisotopic (exact) mass is 330 g/mol. The summed E-state index contributed by atoms with van der Waals surface area (Å²) in [5, 5.41) is 14.8. The molecular formula is C17H26N6O.